The fraction of sp³-hybridized carbons (Fsp3) is 0.333. The monoisotopic (exact) mass is 355 g/mol. The maximum Gasteiger partial charge on any atom is 0.264 e. The number of hydrogen-bond acceptors (Lipinski definition) is 2. The molecule has 0 spiro atoms. The zero-order valence-electron chi connectivity index (χ0n) is 11.5. The van der Waals surface area contributed by atoms with E-state index >= 15 is 0 Å². The minimum Gasteiger partial charge on any atom is -0.267 e. The third-order valence-electron chi connectivity index (χ3n) is 3.44. The molecule has 1 aromatic carbocycles. The van der Waals surface area contributed by atoms with E-state index in [0.29, 0.717) is 10.6 Å². The molecule has 1 heterocycles. The SMILES string of the molecule is C=C(Br)CCC1CC(=C)N1S(=O)(=O)c1ccc(C)cc1. The highest BCUT2D eigenvalue weighted by Gasteiger charge is 2.40. The molecule has 1 unspecified atom stereocenters. The zero-order valence-corrected chi connectivity index (χ0v) is 13.9. The van der Waals surface area contributed by atoms with E-state index in [4.69, 9.17) is 0 Å². The van der Waals surface area contributed by atoms with Crippen molar-refractivity contribution in [3.8, 4) is 0 Å². The smallest absolute Gasteiger partial charge is 0.264 e. The number of rotatable bonds is 5. The maximum absolute atomic E-state index is 12.6. The zero-order chi connectivity index (χ0) is 14.9. The Morgan fingerprint density at radius 3 is 2.50 bits per heavy atom. The quantitative estimate of drug-likeness (QED) is 0.801. The molecule has 3 nitrogen and oxygen atoms in total. The Kier molecular flexibility index (Phi) is 4.39. The lowest BCUT2D eigenvalue weighted by Gasteiger charge is -2.43. The normalized spacial score (nSPS) is 18.8. The summed E-state index contributed by atoms with van der Waals surface area (Å²) in [6.07, 6.45) is 2.25. The Morgan fingerprint density at radius 2 is 2.00 bits per heavy atom. The van der Waals surface area contributed by atoms with Crippen LogP contribution in [0.2, 0.25) is 0 Å². The van der Waals surface area contributed by atoms with Gasteiger partial charge in [0.15, 0.2) is 0 Å². The molecule has 1 aliphatic rings. The number of sulfonamides is 1. The number of aryl methyl sites for hydroxylation is 1. The predicted molar refractivity (Wildman–Crippen MR) is 85.0 cm³/mol. The van der Waals surface area contributed by atoms with Crippen molar-refractivity contribution < 1.29 is 8.42 Å². The van der Waals surface area contributed by atoms with Gasteiger partial charge >= 0.3 is 0 Å². The van der Waals surface area contributed by atoms with Gasteiger partial charge in [0.1, 0.15) is 0 Å². The van der Waals surface area contributed by atoms with Crippen LogP contribution in [0, 0.1) is 6.92 Å². The highest BCUT2D eigenvalue weighted by molar-refractivity contribution is 9.11. The summed E-state index contributed by atoms with van der Waals surface area (Å²) in [5.41, 5.74) is 1.70. The van der Waals surface area contributed by atoms with Gasteiger partial charge in [-0.25, -0.2) is 8.42 Å². The van der Waals surface area contributed by atoms with Gasteiger partial charge in [0, 0.05) is 12.1 Å². The second kappa shape index (κ2) is 5.74. The third kappa shape index (κ3) is 2.99. The molecule has 0 N–H and O–H groups in total. The highest BCUT2D eigenvalue weighted by Crippen LogP contribution is 2.37. The largest absolute Gasteiger partial charge is 0.267 e. The molecule has 108 valence electrons. The minimum absolute atomic E-state index is 0.0110. The second-order valence-corrected chi connectivity index (χ2v) is 8.03. The van der Waals surface area contributed by atoms with Gasteiger partial charge in [-0.15, -0.1) is 0 Å². The van der Waals surface area contributed by atoms with Crippen molar-refractivity contribution in [2.24, 2.45) is 0 Å². The van der Waals surface area contributed by atoms with Crippen molar-refractivity contribution in [1.82, 2.24) is 4.31 Å². The van der Waals surface area contributed by atoms with Gasteiger partial charge in [0.05, 0.1) is 10.9 Å². The molecule has 2 rings (SSSR count). The van der Waals surface area contributed by atoms with Gasteiger partial charge in [-0.3, -0.25) is 4.31 Å². The number of benzene rings is 1. The predicted octanol–water partition coefficient (Wildman–Crippen LogP) is 3.96. The van der Waals surface area contributed by atoms with Crippen molar-refractivity contribution in [3.63, 3.8) is 0 Å². The Bertz CT molecular complexity index is 634. The van der Waals surface area contributed by atoms with Gasteiger partial charge in [-0.05, 0) is 36.4 Å². The van der Waals surface area contributed by atoms with E-state index < -0.39 is 10.0 Å². The molecule has 0 radical (unpaired) electrons. The van der Waals surface area contributed by atoms with Crippen LogP contribution in [-0.4, -0.2) is 18.8 Å². The molecule has 0 aliphatic carbocycles. The molecule has 1 aromatic rings. The second-order valence-electron chi connectivity index (χ2n) is 5.09. The first kappa shape index (κ1) is 15.3. The molecule has 0 saturated carbocycles. The lowest BCUT2D eigenvalue weighted by atomic mass is 9.99. The molecule has 20 heavy (non-hydrogen) atoms. The van der Waals surface area contributed by atoms with Gasteiger partial charge in [-0.1, -0.05) is 46.8 Å². The first-order valence-corrected chi connectivity index (χ1v) is 8.68. The van der Waals surface area contributed by atoms with E-state index in [-0.39, 0.29) is 6.04 Å². The Morgan fingerprint density at radius 1 is 1.40 bits per heavy atom. The molecule has 1 atom stereocenters. The molecule has 1 saturated heterocycles. The van der Waals surface area contributed by atoms with Crippen LogP contribution in [0.5, 0.6) is 0 Å². The number of hydrogen-bond donors (Lipinski definition) is 0. The molecular weight excluding hydrogens is 338 g/mol. The molecular formula is C15H18BrNO2S. The third-order valence-corrected chi connectivity index (χ3v) is 5.78. The van der Waals surface area contributed by atoms with Crippen LogP contribution in [0.1, 0.15) is 24.8 Å². The van der Waals surface area contributed by atoms with Crippen molar-refractivity contribution in [2.45, 2.75) is 37.1 Å². The van der Waals surface area contributed by atoms with Crippen LogP contribution in [0.4, 0.5) is 0 Å². The van der Waals surface area contributed by atoms with Gasteiger partial charge in [-0.2, -0.15) is 0 Å². The fourth-order valence-electron chi connectivity index (χ4n) is 2.32. The van der Waals surface area contributed by atoms with Crippen molar-refractivity contribution in [1.29, 1.82) is 0 Å². The standard InChI is InChI=1S/C15H18BrNO2S/c1-11-4-8-15(9-5-11)20(18,19)17-13(3)10-14(17)7-6-12(2)16/h4-5,8-9,14H,2-3,6-7,10H2,1H3. The van der Waals surface area contributed by atoms with E-state index in [9.17, 15) is 8.42 Å². The van der Waals surface area contributed by atoms with Crippen molar-refractivity contribution >= 4 is 26.0 Å². The first-order chi connectivity index (χ1) is 9.32. The summed E-state index contributed by atoms with van der Waals surface area (Å²) in [7, 11) is -3.48. The van der Waals surface area contributed by atoms with E-state index in [1.807, 2.05) is 19.1 Å². The number of allylic oxidation sites excluding steroid dienone is 1. The highest BCUT2D eigenvalue weighted by atomic mass is 79.9. The lowest BCUT2D eigenvalue weighted by Crippen LogP contribution is -2.48. The molecule has 1 aliphatic heterocycles. The summed E-state index contributed by atoms with van der Waals surface area (Å²) < 4.78 is 27.6. The van der Waals surface area contributed by atoms with E-state index in [1.54, 1.807) is 12.1 Å². The summed E-state index contributed by atoms with van der Waals surface area (Å²) in [4.78, 5) is 0.326. The topological polar surface area (TPSA) is 37.4 Å². The van der Waals surface area contributed by atoms with Crippen molar-refractivity contribution in [3.05, 3.63) is 53.2 Å². The molecule has 5 heteroatoms. The Balaban J connectivity index is 2.21. The Hall–Kier alpha value is -1.07. The maximum atomic E-state index is 12.6. The summed E-state index contributed by atoms with van der Waals surface area (Å²) >= 11 is 3.31. The number of nitrogens with zero attached hydrogens (tertiary/aromatic N) is 1. The molecule has 0 amide bonds. The van der Waals surface area contributed by atoms with Gasteiger partial charge in [0.25, 0.3) is 10.0 Å². The summed E-state index contributed by atoms with van der Waals surface area (Å²) in [5, 5.41) is 0. The fourth-order valence-corrected chi connectivity index (χ4v) is 4.25. The van der Waals surface area contributed by atoms with Crippen LogP contribution >= 0.6 is 15.9 Å². The summed E-state index contributed by atoms with van der Waals surface area (Å²) in [6.45, 7) is 9.56. The van der Waals surface area contributed by atoms with E-state index in [1.165, 1.54) is 4.31 Å². The van der Waals surface area contributed by atoms with Crippen LogP contribution in [-0.2, 0) is 10.0 Å². The van der Waals surface area contributed by atoms with Crippen LogP contribution < -0.4 is 0 Å². The Labute approximate surface area is 129 Å². The van der Waals surface area contributed by atoms with Crippen LogP contribution in [0.25, 0.3) is 0 Å². The average Bonchev–Trinajstić information content (AvgIpc) is 2.33. The van der Waals surface area contributed by atoms with Gasteiger partial charge in [0.2, 0.25) is 0 Å². The molecule has 0 aromatic heterocycles. The summed E-state index contributed by atoms with van der Waals surface area (Å²) in [6, 6.07) is 6.91. The van der Waals surface area contributed by atoms with Crippen molar-refractivity contribution in [2.75, 3.05) is 0 Å². The minimum atomic E-state index is -3.48. The lowest BCUT2D eigenvalue weighted by molar-refractivity contribution is 0.258. The van der Waals surface area contributed by atoms with E-state index in [0.717, 1.165) is 29.3 Å². The van der Waals surface area contributed by atoms with Crippen LogP contribution in [0.15, 0.2) is 52.5 Å². The van der Waals surface area contributed by atoms with E-state index in [2.05, 4.69) is 29.1 Å². The molecule has 1 fully saturated rings. The van der Waals surface area contributed by atoms with Gasteiger partial charge < -0.3 is 0 Å². The average molecular weight is 356 g/mol. The first-order valence-electron chi connectivity index (χ1n) is 6.44. The summed E-state index contributed by atoms with van der Waals surface area (Å²) in [5.74, 6) is 0. The van der Waals surface area contributed by atoms with Crippen LogP contribution in [0.3, 0.4) is 0 Å². The molecule has 0 bridgehead atoms. The number of halogens is 1.